The van der Waals surface area contributed by atoms with E-state index in [1.54, 1.807) is 11.3 Å². The third-order valence-electron chi connectivity index (χ3n) is 2.06. The van der Waals surface area contributed by atoms with Gasteiger partial charge in [-0.15, -0.1) is 11.3 Å². The fraction of sp³-hybridized carbons (Fsp3) is 0.545. The van der Waals surface area contributed by atoms with Crippen LogP contribution in [-0.2, 0) is 0 Å². The van der Waals surface area contributed by atoms with Gasteiger partial charge in [0.2, 0.25) is 0 Å². The minimum absolute atomic E-state index is 0.0620. The molecule has 1 aromatic rings. The van der Waals surface area contributed by atoms with Gasteiger partial charge in [-0.2, -0.15) is 0 Å². The van der Waals surface area contributed by atoms with Crippen LogP contribution in [0.4, 0.5) is 0 Å². The quantitative estimate of drug-likeness (QED) is 0.632. The van der Waals surface area contributed by atoms with Gasteiger partial charge in [-0.25, -0.2) is 0 Å². The molecule has 0 aliphatic carbocycles. The van der Waals surface area contributed by atoms with Crippen molar-refractivity contribution in [3.8, 4) is 0 Å². The topological polar surface area (TPSA) is 29.1 Å². The van der Waals surface area contributed by atoms with E-state index < -0.39 is 0 Å². The molecule has 1 rings (SSSR count). The number of nitrogens with one attached hydrogen (secondary N) is 1. The van der Waals surface area contributed by atoms with Gasteiger partial charge < -0.3 is 5.32 Å². The molecule has 0 aromatic carbocycles. The number of alkyl halides is 1. The zero-order chi connectivity index (χ0) is 11.1. The number of carbonyl (C=O) groups excluding carboxylic acids is 1. The highest BCUT2D eigenvalue weighted by Crippen LogP contribution is 2.14. The highest BCUT2D eigenvalue weighted by atomic mass is 79.9. The molecule has 0 bridgehead atoms. The first-order chi connectivity index (χ1) is 7.24. The zero-order valence-corrected chi connectivity index (χ0v) is 11.3. The van der Waals surface area contributed by atoms with Crippen molar-refractivity contribution in [2.45, 2.75) is 26.2 Å². The smallest absolute Gasteiger partial charge is 0.261 e. The van der Waals surface area contributed by atoms with Crippen LogP contribution >= 0.6 is 27.3 Å². The van der Waals surface area contributed by atoms with Crippen molar-refractivity contribution in [2.24, 2.45) is 0 Å². The molecular weight excluding hydrogens is 274 g/mol. The van der Waals surface area contributed by atoms with E-state index in [2.05, 4.69) is 21.2 Å². The lowest BCUT2D eigenvalue weighted by molar-refractivity contribution is 0.0957. The van der Waals surface area contributed by atoms with Gasteiger partial charge in [-0.1, -0.05) is 22.4 Å². The van der Waals surface area contributed by atoms with Gasteiger partial charge in [-0.05, 0) is 31.9 Å². The van der Waals surface area contributed by atoms with Crippen LogP contribution in [0.3, 0.4) is 0 Å². The van der Waals surface area contributed by atoms with Crippen molar-refractivity contribution >= 4 is 33.2 Å². The zero-order valence-electron chi connectivity index (χ0n) is 8.88. The molecule has 1 aromatic heterocycles. The molecule has 1 N–H and O–H groups in total. The van der Waals surface area contributed by atoms with Crippen molar-refractivity contribution < 1.29 is 4.79 Å². The van der Waals surface area contributed by atoms with Crippen LogP contribution in [0, 0.1) is 6.92 Å². The Bertz CT molecular complexity index is 311. The SMILES string of the molecule is Cc1ccc(C(=O)NCCCCCBr)s1. The fourth-order valence-corrected chi connectivity index (χ4v) is 2.42. The molecule has 0 saturated carbocycles. The molecule has 0 radical (unpaired) electrons. The number of thiophene rings is 1. The maximum absolute atomic E-state index is 11.6. The van der Waals surface area contributed by atoms with Crippen LogP contribution in [0.2, 0.25) is 0 Å². The van der Waals surface area contributed by atoms with Gasteiger partial charge in [0.1, 0.15) is 0 Å². The molecule has 1 heterocycles. The number of hydrogen-bond donors (Lipinski definition) is 1. The Labute approximate surface area is 103 Å². The van der Waals surface area contributed by atoms with Crippen LogP contribution in [0.1, 0.15) is 33.8 Å². The van der Waals surface area contributed by atoms with Crippen molar-refractivity contribution in [2.75, 3.05) is 11.9 Å². The third kappa shape index (κ3) is 4.80. The second-order valence-electron chi connectivity index (χ2n) is 3.42. The van der Waals surface area contributed by atoms with Crippen molar-refractivity contribution in [1.29, 1.82) is 0 Å². The number of halogens is 1. The predicted octanol–water partition coefficient (Wildman–Crippen LogP) is 3.35. The summed E-state index contributed by atoms with van der Waals surface area (Å²) in [6.45, 7) is 2.79. The second kappa shape index (κ2) is 7.01. The first-order valence-electron chi connectivity index (χ1n) is 5.14. The van der Waals surface area contributed by atoms with E-state index >= 15 is 0 Å². The summed E-state index contributed by atoms with van der Waals surface area (Å²) in [7, 11) is 0. The van der Waals surface area contributed by atoms with E-state index in [1.165, 1.54) is 11.3 Å². The van der Waals surface area contributed by atoms with Crippen LogP contribution in [0.25, 0.3) is 0 Å². The minimum Gasteiger partial charge on any atom is -0.351 e. The Morgan fingerprint density at radius 3 is 2.80 bits per heavy atom. The number of carbonyl (C=O) groups is 1. The molecule has 0 spiro atoms. The van der Waals surface area contributed by atoms with Gasteiger partial charge in [-0.3, -0.25) is 4.79 Å². The third-order valence-corrected chi connectivity index (χ3v) is 3.62. The summed E-state index contributed by atoms with van der Waals surface area (Å²) >= 11 is 4.93. The Morgan fingerprint density at radius 1 is 1.40 bits per heavy atom. The molecule has 84 valence electrons. The van der Waals surface area contributed by atoms with Crippen molar-refractivity contribution in [3.05, 3.63) is 21.9 Å². The summed E-state index contributed by atoms with van der Waals surface area (Å²) in [5.41, 5.74) is 0. The molecule has 1 amide bonds. The lowest BCUT2D eigenvalue weighted by Crippen LogP contribution is -2.23. The molecule has 0 aliphatic heterocycles. The maximum atomic E-state index is 11.6. The first kappa shape index (κ1) is 12.7. The number of rotatable bonds is 6. The number of unbranched alkanes of at least 4 members (excludes halogenated alkanes) is 2. The molecule has 0 unspecified atom stereocenters. The standard InChI is InChI=1S/C11H16BrNOS/c1-9-5-6-10(15-9)11(14)13-8-4-2-3-7-12/h5-6H,2-4,7-8H2,1H3,(H,13,14). The largest absolute Gasteiger partial charge is 0.351 e. The summed E-state index contributed by atoms with van der Waals surface area (Å²) in [6.07, 6.45) is 3.39. The lowest BCUT2D eigenvalue weighted by Gasteiger charge is -2.02. The predicted molar refractivity (Wildman–Crippen MR) is 69.0 cm³/mol. The summed E-state index contributed by atoms with van der Waals surface area (Å²) in [5, 5.41) is 3.97. The lowest BCUT2D eigenvalue weighted by atomic mass is 10.2. The van der Waals surface area contributed by atoms with Gasteiger partial charge >= 0.3 is 0 Å². The van der Waals surface area contributed by atoms with E-state index in [-0.39, 0.29) is 5.91 Å². The highest BCUT2D eigenvalue weighted by Gasteiger charge is 2.06. The number of aryl methyl sites for hydroxylation is 1. The Hall–Kier alpha value is -0.350. The number of hydrogen-bond acceptors (Lipinski definition) is 2. The van der Waals surface area contributed by atoms with Crippen LogP contribution in [-0.4, -0.2) is 17.8 Å². The monoisotopic (exact) mass is 289 g/mol. The van der Waals surface area contributed by atoms with E-state index in [4.69, 9.17) is 0 Å². The summed E-state index contributed by atoms with van der Waals surface area (Å²) in [6, 6.07) is 3.86. The maximum Gasteiger partial charge on any atom is 0.261 e. The molecule has 0 aliphatic rings. The highest BCUT2D eigenvalue weighted by molar-refractivity contribution is 9.09. The average molecular weight is 290 g/mol. The Morgan fingerprint density at radius 2 is 2.20 bits per heavy atom. The van der Waals surface area contributed by atoms with E-state index in [1.807, 2.05) is 19.1 Å². The first-order valence-corrected chi connectivity index (χ1v) is 7.08. The minimum atomic E-state index is 0.0620. The summed E-state index contributed by atoms with van der Waals surface area (Å²) in [5.74, 6) is 0.0620. The molecule has 4 heteroatoms. The molecule has 0 saturated heterocycles. The summed E-state index contributed by atoms with van der Waals surface area (Å²) in [4.78, 5) is 13.6. The van der Waals surface area contributed by atoms with Crippen LogP contribution in [0.15, 0.2) is 12.1 Å². The molecular formula is C11H16BrNOS. The van der Waals surface area contributed by atoms with Gasteiger partial charge in [0.25, 0.3) is 5.91 Å². The van der Waals surface area contributed by atoms with E-state index in [9.17, 15) is 4.79 Å². The van der Waals surface area contributed by atoms with Gasteiger partial charge in [0.15, 0.2) is 0 Å². The van der Waals surface area contributed by atoms with E-state index in [0.717, 1.165) is 29.6 Å². The number of amides is 1. The average Bonchev–Trinajstić information content (AvgIpc) is 2.64. The molecule has 15 heavy (non-hydrogen) atoms. The Kier molecular flexibility index (Phi) is 5.95. The van der Waals surface area contributed by atoms with Gasteiger partial charge in [0, 0.05) is 16.8 Å². The van der Waals surface area contributed by atoms with Crippen molar-refractivity contribution in [1.82, 2.24) is 5.32 Å². The molecule has 0 atom stereocenters. The normalized spacial score (nSPS) is 10.3. The second-order valence-corrected chi connectivity index (χ2v) is 5.50. The fourth-order valence-electron chi connectivity index (χ4n) is 1.24. The molecule has 0 fully saturated rings. The molecule has 2 nitrogen and oxygen atoms in total. The Balaban J connectivity index is 2.19. The summed E-state index contributed by atoms with van der Waals surface area (Å²) < 4.78 is 0. The van der Waals surface area contributed by atoms with Crippen LogP contribution in [0.5, 0.6) is 0 Å². The van der Waals surface area contributed by atoms with Gasteiger partial charge in [0.05, 0.1) is 4.88 Å². The van der Waals surface area contributed by atoms with Crippen molar-refractivity contribution in [3.63, 3.8) is 0 Å². The van der Waals surface area contributed by atoms with E-state index in [0.29, 0.717) is 0 Å². The van der Waals surface area contributed by atoms with Crippen LogP contribution < -0.4 is 5.32 Å².